The maximum atomic E-state index is 15.2. The number of likely N-dealkylation sites (N-methyl/N-ethyl adjacent to an activating group) is 1. The van der Waals surface area contributed by atoms with Gasteiger partial charge in [-0.05, 0) is 81.3 Å². The maximum absolute atomic E-state index is 15.2. The lowest BCUT2D eigenvalue weighted by Crippen LogP contribution is -2.57. The van der Waals surface area contributed by atoms with Crippen molar-refractivity contribution in [2.24, 2.45) is 5.92 Å². The van der Waals surface area contributed by atoms with Gasteiger partial charge in [-0.25, -0.2) is 14.0 Å². The van der Waals surface area contributed by atoms with Crippen molar-refractivity contribution < 1.29 is 47.4 Å². The van der Waals surface area contributed by atoms with Gasteiger partial charge in [0.05, 0.1) is 5.69 Å². The molecule has 0 saturated carbocycles. The molecule has 2 heterocycles. The number of nitrogens with zero attached hydrogens (tertiary/aromatic N) is 2. The summed E-state index contributed by atoms with van der Waals surface area (Å²) in [5.74, 6) is -3.60. The van der Waals surface area contributed by atoms with E-state index in [1.807, 2.05) is 30.3 Å². The van der Waals surface area contributed by atoms with Crippen molar-refractivity contribution in [3.05, 3.63) is 101 Å². The van der Waals surface area contributed by atoms with Gasteiger partial charge in [0.1, 0.15) is 36.2 Å². The molecule has 6 amide bonds. The number of nitrogens with one attached hydrogen (secondary N) is 4. The normalized spacial score (nSPS) is 16.2. The van der Waals surface area contributed by atoms with Gasteiger partial charge in [0.2, 0.25) is 11.8 Å². The standard InChI is InChI=1S/C42H51FN6O9/c1-26(48(5)41(55)58-42(2,3)4)36(50)47-34(28-17-21-56-22-18-28)39(53)49-24-30-13-9-10-14-31(30)35(49)38(52)46-33-23-29(15-16-32(33)43)37(51)44-19-20-45-40(54)57-25-27-11-7-6-8-12-27/h6-16,23,26,28,34-35H,17-22,24-25H2,1-5H3,(H,44,51)(H,45,54)(H,46,52)(H,47,50)/t26?,34?,35-/m0/s1. The minimum Gasteiger partial charge on any atom is -0.445 e. The fraction of sp³-hybridized carbons (Fsp3) is 0.429. The molecular weight excluding hydrogens is 751 g/mol. The highest BCUT2D eigenvalue weighted by Crippen LogP contribution is 2.36. The van der Waals surface area contributed by atoms with E-state index in [2.05, 4.69) is 21.3 Å². The Labute approximate surface area is 336 Å². The largest absolute Gasteiger partial charge is 0.445 e. The molecule has 0 aliphatic carbocycles. The molecule has 0 spiro atoms. The highest BCUT2D eigenvalue weighted by atomic mass is 19.1. The van der Waals surface area contributed by atoms with Crippen LogP contribution >= 0.6 is 0 Å². The van der Waals surface area contributed by atoms with E-state index < -0.39 is 65.4 Å². The van der Waals surface area contributed by atoms with Gasteiger partial charge in [-0.2, -0.15) is 0 Å². The van der Waals surface area contributed by atoms with Crippen LogP contribution in [0, 0.1) is 11.7 Å². The van der Waals surface area contributed by atoms with Gasteiger partial charge < -0.3 is 40.4 Å². The Morgan fingerprint density at radius 2 is 1.60 bits per heavy atom. The minimum absolute atomic E-state index is 0.0365. The summed E-state index contributed by atoms with van der Waals surface area (Å²) >= 11 is 0. The summed E-state index contributed by atoms with van der Waals surface area (Å²) in [5, 5.41) is 10.6. The average Bonchev–Trinajstić information content (AvgIpc) is 3.60. The molecule has 0 bridgehead atoms. The molecule has 58 heavy (non-hydrogen) atoms. The third kappa shape index (κ3) is 11.3. The van der Waals surface area contributed by atoms with Crippen molar-refractivity contribution in [1.82, 2.24) is 25.8 Å². The van der Waals surface area contributed by atoms with Crippen LogP contribution in [0.3, 0.4) is 0 Å². The van der Waals surface area contributed by atoms with Crippen LogP contribution in [0.5, 0.6) is 0 Å². The van der Waals surface area contributed by atoms with Crippen LogP contribution in [0.25, 0.3) is 0 Å². The van der Waals surface area contributed by atoms with Gasteiger partial charge in [0, 0.05) is 45.5 Å². The van der Waals surface area contributed by atoms with Crippen molar-refractivity contribution in [3.63, 3.8) is 0 Å². The summed E-state index contributed by atoms with van der Waals surface area (Å²) in [5.41, 5.74) is 0.991. The molecular formula is C42H51FN6O9. The van der Waals surface area contributed by atoms with E-state index in [-0.39, 0.29) is 43.4 Å². The molecule has 2 unspecified atom stereocenters. The Morgan fingerprint density at radius 1 is 0.931 bits per heavy atom. The first kappa shape index (κ1) is 43.1. The van der Waals surface area contributed by atoms with Gasteiger partial charge in [-0.3, -0.25) is 24.1 Å². The molecule has 5 rings (SSSR count). The third-order valence-electron chi connectivity index (χ3n) is 9.86. The molecule has 2 aliphatic heterocycles. The first-order valence-electron chi connectivity index (χ1n) is 19.2. The van der Waals surface area contributed by atoms with Crippen LogP contribution in [-0.4, -0.2) is 96.7 Å². The van der Waals surface area contributed by atoms with E-state index in [0.717, 1.165) is 16.5 Å². The molecule has 1 saturated heterocycles. The summed E-state index contributed by atoms with van der Waals surface area (Å²) in [4.78, 5) is 82.8. The lowest BCUT2D eigenvalue weighted by Gasteiger charge is -2.36. The summed E-state index contributed by atoms with van der Waals surface area (Å²) in [7, 11) is 1.43. The summed E-state index contributed by atoms with van der Waals surface area (Å²) < 4.78 is 31.4. The number of ether oxygens (including phenoxy) is 3. The van der Waals surface area contributed by atoms with Crippen LogP contribution < -0.4 is 21.3 Å². The molecule has 3 aromatic rings. The highest BCUT2D eigenvalue weighted by molar-refractivity contribution is 6.02. The molecule has 15 nitrogen and oxygen atoms in total. The van der Waals surface area contributed by atoms with E-state index in [0.29, 0.717) is 37.2 Å². The third-order valence-corrected chi connectivity index (χ3v) is 9.86. The number of halogens is 1. The Hall–Kier alpha value is -6.03. The Balaban J connectivity index is 1.27. The fourth-order valence-corrected chi connectivity index (χ4v) is 6.61. The van der Waals surface area contributed by atoms with Crippen LogP contribution in [0.1, 0.15) is 73.6 Å². The Bertz CT molecular complexity index is 1970. The van der Waals surface area contributed by atoms with E-state index in [1.54, 1.807) is 45.0 Å². The lowest BCUT2D eigenvalue weighted by atomic mass is 9.90. The number of rotatable bonds is 13. The zero-order valence-corrected chi connectivity index (χ0v) is 33.3. The number of benzene rings is 3. The first-order chi connectivity index (χ1) is 27.6. The zero-order valence-electron chi connectivity index (χ0n) is 33.3. The number of anilines is 1. The van der Waals surface area contributed by atoms with Gasteiger partial charge in [0.25, 0.3) is 11.8 Å². The molecule has 4 N–H and O–H groups in total. The number of amides is 6. The Kier molecular flexibility index (Phi) is 14.4. The summed E-state index contributed by atoms with van der Waals surface area (Å²) in [6, 6.07) is 16.3. The smallest absolute Gasteiger partial charge is 0.410 e. The number of fused-ring (bicyclic) bond motifs is 1. The number of hydrogen-bond donors (Lipinski definition) is 4. The van der Waals surface area contributed by atoms with Gasteiger partial charge in [-0.1, -0.05) is 54.6 Å². The number of alkyl carbamates (subject to hydrolysis) is 1. The lowest BCUT2D eigenvalue weighted by molar-refractivity contribution is -0.144. The second-order valence-corrected chi connectivity index (χ2v) is 15.2. The van der Waals surface area contributed by atoms with Crippen molar-refractivity contribution in [2.45, 2.75) is 77.4 Å². The molecule has 0 aromatic heterocycles. The molecule has 310 valence electrons. The fourth-order valence-electron chi connectivity index (χ4n) is 6.61. The molecule has 3 aromatic carbocycles. The average molecular weight is 803 g/mol. The molecule has 1 fully saturated rings. The van der Waals surface area contributed by atoms with Gasteiger partial charge in [-0.15, -0.1) is 0 Å². The van der Waals surface area contributed by atoms with Crippen molar-refractivity contribution in [1.29, 1.82) is 0 Å². The zero-order chi connectivity index (χ0) is 42.0. The second kappa shape index (κ2) is 19.4. The number of carbonyl (C=O) groups is 6. The van der Waals surface area contributed by atoms with Crippen molar-refractivity contribution in [3.8, 4) is 0 Å². The molecule has 3 atom stereocenters. The van der Waals surface area contributed by atoms with Crippen LogP contribution in [-0.2, 0) is 41.7 Å². The molecule has 16 heteroatoms. The summed E-state index contributed by atoms with van der Waals surface area (Å²) in [6.45, 7) is 7.61. The molecule has 0 radical (unpaired) electrons. The highest BCUT2D eigenvalue weighted by Gasteiger charge is 2.44. The van der Waals surface area contributed by atoms with Crippen LogP contribution in [0.15, 0.2) is 72.8 Å². The van der Waals surface area contributed by atoms with Crippen LogP contribution in [0.4, 0.5) is 19.7 Å². The predicted molar refractivity (Wildman–Crippen MR) is 211 cm³/mol. The second-order valence-electron chi connectivity index (χ2n) is 15.2. The van der Waals surface area contributed by atoms with Crippen molar-refractivity contribution in [2.75, 3.05) is 38.7 Å². The van der Waals surface area contributed by atoms with E-state index in [1.165, 1.54) is 31.0 Å². The number of carbonyl (C=O) groups excluding carboxylic acids is 6. The first-order valence-corrected chi connectivity index (χ1v) is 19.2. The summed E-state index contributed by atoms with van der Waals surface area (Å²) in [6.07, 6.45) is -0.455. The number of hydrogen-bond acceptors (Lipinski definition) is 9. The monoisotopic (exact) mass is 802 g/mol. The molecule has 2 aliphatic rings. The van der Waals surface area contributed by atoms with Gasteiger partial charge >= 0.3 is 12.2 Å². The maximum Gasteiger partial charge on any atom is 0.410 e. The van der Waals surface area contributed by atoms with E-state index >= 15 is 4.39 Å². The van der Waals surface area contributed by atoms with E-state index in [9.17, 15) is 28.8 Å². The minimum atomic E-state index is -1.21. The topological polar surface area (TPSA) is 185 Å². The van der Waals surface area contributed by atoms with Crippen LogP contribution in [0.2, 0.25) is 0 Å². The SMILES string of the molecule is CC(C(=O)NC(C(=O)N1Cc2ccccc2[C@H]1C(=O)Nc1cc(C(=O)NCCNC(=O)OCc2ccccc2)ccc1F)C1CCOCC1)N(C)C(=O)OC(C)(C)C. The van der Waals surface area contributed by atoms with Crippen molar-refractivity contribution >= 4 is 41.5 Å². The predicted octanol–water partition coefficient (Wildman–Crippen LogP) is 4.67. The van der Waals surface area contributed by atoms with Gasteiger partial charge in [0.15, 0.2) is 0 Å². The van der Waals surface area contributed by atoms with E-state index in [4.69, 9.17) is 14.2 Å². The Morgan fingerprint density at radius 3 is 2.31 bits per heavy atom. The quantitative estimate of drug-likeness (QED) is 0.179.